The Bertz CT molecular complexity index is 667. The minimum absolute atomic E-state index is 0.0348. The highest BCUT2D eigenvalue weighted by Gasteiger charge is 2.32. The van der Waals surface area contributed by atoms with Crippen molar-refractivity contribution < 1.29 is 32.2 Å². The predicted octanol–water partition coefficient (Wildman–Crippen LogP) is 1.49. The molecule has 0 saturated carbocycles. The molecule has 3 heterocycles. The van der Waals surface area contributed by atoms with Gasteiger partial charge in [-0.05, 0) is 18.9 Å². The van der Waals surface area contributed by atoms with Gasteiger partial charge in [0, 0.05) is 45.0 Å². The summed E-state index contributed by atoms with van der Waals surface area (Å²) in [4.78, 5) is 31.8. The molecular weight excluding hydrogens is 367 g/mol. The molecule has 0 spiro atoms. The first-order valence-corrected chi connectivity index (χ1v) is 8.69. The average molecular weight is 387 g/mol. The summed E-state index contributed by atoms with van der Waals surface area (Å²) in [6.07, 6.45) is -2.02. The zero-order chi connectivity index (χ0) is 19.4. The summed E-state index contributed by atoms with van der Waals surface area (Å²) in [5.74, 6) is -0.516. The quantitative estimate of drug-likeness (QED) is 0.783. The number of hydrogen-bond donors (Lipinski definition) is 0. The van der Waals surface area contributed by atoms with Gasteiger partial charge in [-0.15, -0.1) is 0 Å². The van der Waals surface area contributed by atoms with E-state index in [0.29, 0.717) is 32.8 Å². The Kier molecular flexibility index (Phi) is 5.83. The van der Waals surface area contributed by atoms with Crippen LogP contribution in [-0.2, 0) is 9.53 Å². The minimum atomic E-state index is -4.45. The van der Waals surface area contributed by atoms with E-state index in [0.717, 1.165) is 12.8 Å². The highest BCUT2D eigenvalue weighted by atomic mass is 19.4. The number of nitrogens with zero attached hydrogens (tertiary/aromatic N) is 3. The second kappa shape index (κ2) is 8.12. The van der Waals surface area contributed by atoms with Gasteiger partial charge in [0.1, 0.15) is 6.10 Å². The molecule has 0 N–H and O–H groups in total. The van der Waals surface area contributed by atoms with Crippen LogP contribution in [0.4, 0.5) is 13.2 Å². The van der Waals surface area contributed by atoms with Gasteiger partial charge in [0.05, 0.1) is 5.56 Å². The summed E-state index contributed by atoms with van der Waals surface area (Å²) >= 11 is 0. The Balaban J connectivity index is 1.50. The normalized spacial score (nSPS) is 20.6. The van der Waals surface area contributed by atoms with Crippen LogP contribution in [0.2, 0.25) is 0 Å². The molecule has 2 aliphatic rings. The monoisotopic (exact) mass is 387 g/mol. The van der Waals surface area contributed by atoms with Gasteiger partial charge in [0.15, 0.2) is 6.61 Å². The van der Waals surface area contributed by atoms with Crippen LogP contribution in [0, 0.1) is 0 Å². The van der Waals surface area contributed by atoms with Crippen LogP contribution >= 0.6 is 0 Å². The number of amides is 2. The number of alkyl halides is 3. The summed E-state index contributed by atoms with van der Waals surface area (Å²) in [7, 11) is 0. The third-order valence-corrected chi connectivity index (χ3v) is 4.45. The number of ether oxygens (including phenoxy) is 2. The highest BCUT2D eigenvalue weighted by molar-refractivity contribution is 5.94. The van der Waals surface area contributed by atoms with Crippen molar-refractivity contribution in [3.63, 3.8) is 0 Å². The smallest absolute Gasteiger partial charge is 0.422 e. The van der Waals surface area contributed by atoms with E-state index in [1.54, 1.807) is 9.80 Å². The fourth-order valence-electron chi connectivity index (χ4n) is 3.04. The summed E-state index contributed by atoms with van der Waals surface area (Å²) in [6, 6.07) is 2.61. The van der Waals surface area contributed by atoms with E-state index in [4.69, 9.17) is 4.74 Å². The van der Waals surface area contributed by atoms with Crippen LogP contribution in [0.15, 0.2) is 18.3 Å². The predicted molar refractivity (Wildman–Crippen MR) is 87.2 cm³/mol. The van der Waals surface area contributed by atoms with Crippen LogP contribution in [-0.4, -0.2) is 78.3 Å². The Morgan fingerprint density at radius 3 is 2.44 bits per heavy atom. The highest BCUT2D eigenvalue weighted by Crippen LogP contribution is 2.19. The molecule has 0 aromatic carbocycles. The van der Waals surface area contributed by atoms with Crippen LogP contribution in [0.5, 0.6) is 5.88 Å². The molecule has 1 atom stereocenters. The minimum Gasteiger partial charge on any atom is -0.468 e. The van der Waals surface area contributed by atoms with Crippen molar-refractivity contribution in [2.75, 3.05) is 39.4 Å². The van der Waals surface area contributed by atoms with Crippen molar-refractivity contribution in [2.24, 2.45) is 0 Å². The molecule has 2 saturated heterocycles. The summed E-state index contributed by atoms with van der Waals surface area (Å²) in [5.41, 5.74) is 0.258. The summed E-state index contributed by atoms with van der Waals surface area (Å²) < 4.78 is 46.3. The zero-order valence-electron chi connectivity index (χ0n) is 14.6. The lowest BCUT2D eigenvalue weighted by Crippen LogP contribution is -2.52. The number of pyridine rings is 1. The van der Waals surface area contributed by atoms with E-state index in [9.17, 15) is 22.8 Å². The van der Waals surface area contributed by atoms with E-state index in [1.807, 2.05) is 0 Å². The first-order valence-electron chi connectivity index (χ1n) is 8.69. The standard InChI is InChI=1S/C17H20F3N3O4/c18-17(19,20)11-27-14-4-3-12(10-21-14)15(24)22-5-7-23(8-6-22)16(25)13-2-1-9-26-13/h3-4,10,13H,1-2,5-9,11H2. The van der Waals surface area contributed by atoms with E-state index >= 15 is 0 Å². The molecule has 1 aromatic rings. The van der Waals surface area contributed by atoms with Crippen LogP contribution in [0.1, 0.15) is 23.2 Å². The second-order valence-corrected chi connectivity index (χ2v) is 6.41. The number of carbonyl (C=O) groups excluding carboxylic acids is 2. The number of carbonyl (C=O) groups is 2. The lowest BCUT2D eigenvalue weighted by molar-refractivity contribution is -0.154. The number of hydrogen-bond acceptors (Lipinski definition) is 5. The van der Waals surface area contributed by atoms with Gasteiger partial charge in [-0.25, -0.2) is 4.98 Å². The second-order valence-electron chi connectivity index (χ2n) is 6.41. The van der Waals surface area contributed by atoms with Gasteiger partial charge in [-0.3, -0.25) is 9.59 Å². The van der Waals surface area contributed by atoms with Crippen molar-refractivity contribution in [3.8, 4) is 5.88 Å². The van der Waals surface area contributed by atoms with Gasteiger partial charge >= 0.3 is 6.18 Å². The molecule has 2 amide bonds. The lowest BCUT2D eigenvalue weighted by Gasteiger charge is -2.35. The molecule has 27 heavy (non-hydrogen) atoms. The maximum Gasteiger partial charge on any atom is 0.422 e. The zero-order valence-corrected chi connectivity index (χ0v) is 14.6. The van der Waals surface area contributed by atoms with E-state index in [-0.39, 0.29) is 29.4 Å². The molecule has 7 nitrogen and oxygen atoms in total. The molecule has 0 bridgehead atoms. The van der Waals surface area contributed by atoms with Gasteiger partial charge in [0.2, 0.25) is 5.88 Å². The van der Waals surface area contributed by atoms with Crippen LogP contribution in [0.25, 0.3) is 0 Å². The molecule has 2 aliphatic heterocycles. The molecule has 2 fully saturated rings. The van der Waals surface area contributed by atoms with E-state index < -0.39 is 12.8 Å². The number of piperazine rings is 1. The Hall–Kier alpha value is -2.36. The van der Waals surface area contributed by atoms with E-state index in [2.05, 4.69) is 9.72 Å². The number of rotatable bonds is 4. The van der Waals surface area contributed by atoms with Gasteiger partial charge in [-0.1, -0.05) is 0 Å². The van der Waals surface area contributed by atoms with Crippen LogP contribution in [0.3, 0.4) is 0 Å². The fraction of sp³-hybridized carbons (Fsp3) is 0.588. The maximum absolute atomic E-state index is 12.5. The SMILES string of the molecule is O=C(c1ccc(OCC(F)(F)F)nc1)N1CCN(C(=O)C2CCCO2)CC1. The largest absolute Gasteiger partial charge is 0.468 e. The average Bonchev–Trinajstić information content (AvgIpc) is 3.20. The summed E-state index contributed by atoms with van der Waals surface area (Å²) in [5, 5.41) is 0. The number of halogens is 3. The van der Waals surface area contributed by atoms with Gasteiger partial charge < -0.3 is 19.3 Å². The third-order valence-electron chi connectivity index (χ3n) is 4.45. The molecular formula is C17H20F3N3O4. The maximum atomic E-state index is 12.5. The first kappa shape index (κ1) is 19.4. The molecule has 1 unspecified atom stereocenters. The van der Waals surface area contributed by atoms with Crippen molar-refractivity contribution in [3.05, 3.63) is 23.9 Å². The first-order chi connectivity index (χ1) is 12.8. The molecule has 1 aromatic heterocycles. The number of aromatic nitrogens is 1. The molecule has 0 aliphatic carbocycles. The molecule has 0 radical (unpaired) electrons. The Morgan fingerprint density at radius 2 is 1.89 bits per heavy atom. The van der Waals surface area contributed by atoms with E-state index in [1.165, 1.54) is 18.3 Å². The third kappa shape index (κ3) is 5.09. The molecule has 3 rings (SSSR count). The van der Waals surface area contributed by atoms with Gasteiger partial charge in [0.25, 0.3) is 11.8 Å². The van der Waals surface area contributed by atoms with Crippen molar-refractivity contribution in [2.45, 2.75) is 25.1 Å². The van der Waals surface area contributed by atoms with Crippen molar-refractivity contribution >= 4 is 11.8 Å². The topological polar surface area (TPSA) is 72.0 Å². The Labute approximate surface area is 154 Å². The lowest BCUT2D eigenvalue weighted by atomic mass is 10.2. The Morgan fingerprint density at radius 1 is 1.19 bits per heavy atom. The van der Waals surface area contributed by atoms with Gasteiger partial charge in [-0.2, -0.15) is 13.2 Å². The van der Waals surface area contributed by atoms with Crippen molar-refractivity contribution in [1.82, 2.24) is 14.8 Å². The van der Waals surface area contributed by atoms with Crippen LogP contribution < -0.4 is 4.74 Å². The summed E-state index contributed by atoms with van der Waals surface area (Å²) in [6.45, 7) is 0.765. The van der Waals surface area contributed by atoms with Crippen molar-refractivity contribution in [1.29, 1.82) is 0 Å². The molecule has 10 heteroatoms. The fourth-order valence-corrected chi connectivity index (χ4v) is 3.04. The molecule has 148 valence electrons.